The lowest BCUT2D eigenvalue weighted by Crippen LogP contribution is -2.18. The molecule has 1 unspecified atom stereocenters. The number of Topliss-reactive ketones (excluding diaryl/α,β-unsaturated/α-hetero) is 1. The first-order chi connectivity index (χ1) is 6.45. The SMILES string of the molecule is CC(=O)c1nnn(C(C)C(=O)O)c1C. The zero-order valence-corrected chi connectivity index (χ0v) is 8.18. The van der Waals surface area contributed by atoms with E-state index in [9.17, 15) is 9.59 Å². The predicted molar refractivity (Wildman–Crippen MR) is 47.1 cm³/mol. The molecule has 0 spiro atoms. The number of carbonyl (C=O) groups excluding carboxylic acids is 1. The molecule has 6 nitrogen and oxygen atoms in total. The van der Waals surface area contributed by atoms with Crippen molar-refractivity contribution in [2.24, 2.45) is 0 Å². The molecule has 0 amide bonds. The molecule has 0 radical (unpaired) electrons. The first kappa shape index (κ1) is 10.4. The molecule has 14 heavy (non-hydrogen) atoms. The van der Waals surface area contributed by atoms with E-state index in [4.69, 9.17) is 5.11 Å². The van der Waals surface area contributed by atoms with E-state index in [1.807, 2.05) is 0 Å². The third kappa shape index (κ3) is 1.63. The van der Waals surface area contributed by atoms with Gasteiger partial charge in [-0.3, -0.25) is 4.79 Å². The van der Waals surface area contributed by atoms with Crippen molar-refractivity contribution in [2.75, 3.05) is 0 Å². The molecule has 0 aliphatic heterocycles. The lowest BCUT2D eigenvalue weighted by atomic mass is 10.2. The maximum atomic E-state index is 11.0. The Hall–Kier alpha value is -1.72. The molecule has 1 aromatic heterocycles. The average Bonchev–Trinajstić information content (AvgIpc) is 2.45. The Morgan fingerprint density at radius 3 is 2.43 bits per heavy atom. The van der Waals surface area contributed by atoms with Crippen molar-refractivity contribution in [3.63, 3.8) is 0 Å². The average molecular weight is 197 g/mol. The van der Waals surface area contributed by atoms with Crippen LogP contribution in [0.4, 0.5) is 0 Å². The van der Waals surface area contributed by atoms with Gasteiger partial charge in [-0.1, -0.05) is 5.21 Å². The summed E-state index contributed by atoms with van der Waals surface area (Å²) in [6, 6.07) is -0.810. The van der Waals surface area contributed by atoms with Gasteiger partial charge >= 0.3 is 5.97 Å². The molecule has 6 heteroatoms. The second-order valence-electron chi connectivity index (χ2n) is 3.04. The largest absolute Gasteiger partial charge is 0.480 e. The summed E-state index contributed by atoms with van der Waals surface area (Å²) in [5, 5.41) is 16.0. The van der Waals surface area contributed by atoms with Crippen LogP contribution in [0.5, 0.6) is 0 Å². The highest BCUT2D eigenvalue weighted by Crippen LogP contribution is 2.11. The van der Waals surface area contributed by atoms with Crippen LogP contribution in [0.3, 0.4) is 0 Å². The summed E-state index contributed by atoms with van der Waals surface area (Å²) >= 11 is 0. The molecule has 0 saturated heterocycles. The molecule has 0 bridgehead atoms. The summed E-state index contributed by atoms with van der Waals surface area (Å²) in [4.78, 5) is 21.7. The topological polar surface area (TPSA) is 85.1 Å². The maximum absolute atomic E-state index is 11.0. The Labute approximate surface area is 80.5 Å². The minimum Gasteiger partial charge on any atom is -0.480 e. The van der Waals surface area contributed by atoms with Gasteiger partial charge in [0.05, 0.1) is 5.69 Å². The minimum atomic E-state index is -1.01. The summed E-state index contributed by atoms with van der Waals surface area (Å²) in [5.41, 5.74) is 0.700. The number of hydrogen-bond donors (Lipinski definition) is 1. The molecule has 0 aliphatic rings. The fourth-order valence-electron chi connectivity index (χ4n) is 1.14. The summed E-state index contributed by atoms with van der Waals surface area (Å²) in [7, 11) is 0. The van der Waals surface area contributed by atoms with Gasteiger partial charge in [0.2, 0.25) is 0 Å². The molecular weight excluding hydrogens is 186 g/mol. The summed E-state index contributed by atoms with van der Waals surface area (Å²) in [6.07, 6.45) is 0. The van der Waals surface area contributed by atoms with Crippen molar-refractivity contribution in [3.8, 4) is 0 Å². The van der Waals surface area contributed by atoms with Gasteiger partial charge < -0.3 is 5.11 Å². The molecule has 0 saturated carbocycles. The molecule has 76 valence electrons. The van der Waals surface area contributed by atoms with Crippen LogP contribution in [0, 0.1) is 6.92 Å². The second-order valence-corrected chi connectivity index (χ2v) is 3.04. The van der Waals surface area contributed by atoms with Crippen molar-refractivity contribution in [1.29, 1.82) is 0 Å². The number of aliphatic carboxylic acids is 1. The van der Waals surface area contributed by atoms with Crippen molar-refractivity contribution >= 4 is 11.8 Å². The molecule has 0 aliphatic carbocycles. The van der Waals surface area contributed by atoms with Gasteiger partial charge in [0.1, 0.15) is 6.04 Å². The fraction of sp³-hybridized carbons (Fsp3) is 0.500. The van der Waals surface area contributed by atoms with Crippen LogP contribution in [0.25, 0.3) is 0 Å². The van der Waals surface area contributed by atoms with Crippen molar-refractivity contribution in [2.45, 2.75) is 26.8 Å². The number of rotatable bonds is 3. The van der Waals surface area contributed by atoms with E-state index in [1.165, 1.54) is 18.5 Å². The van der Waals surface area contributed by atoms with Crippen LogP contribution < -0.4 is 0 Å². The van der Waals surface area contributed by atoms with Gasteiger partial charge in [0.25, 0.3) is 0 Å². The van der Waals surface area contributed by atoms with E-state index in [2.05, 4.69) is 10.3 Å². The highest BCUT2D eigenvalue weighted by molar-refractivity contribution is 5.93. The number of nitrogens with zero attached hydrogens (tertiary/aromatic N) is 3. The molecule has 1 rings (SSSR count). The summed E-state index contributed by atoms with van der Waals surface area (Å²) in [6.45, 7) is 4.47. The molecular formula is C8H11N3O3. The third-order valence-corrected chi connectivity index (χ3v) is 1.99. The Kier molecular flexibility index (Phi) is 2.64. The normalized spacial score (nSPS) is 12.5. The smallest absolute Gasteiger partial charge is 0.328 e. The lowest BCUT2D eigenvalue weighted by molar-refractivity contribution is -0.140. The Bertz CT molecular complexity index is 383. The van der Waals surface area contributed by atoms with Crippen LogP contribution in [0.15, 0.2) is 0 Å². The van der Waals surface area contributed by atoms with Crippen molar-refractivity contribution in [3.05, 3.63) is 11.4 Å². The van der Waals surface area contributed by atoms with Crippen LogP contribution in [0.2, 0.25) is 0 Å². The molecule has 1 atom stereocenters. The number of carbonyl (C=O) groups is 2. The first-order valence-corrected chi connectivity index (χ1v) is 4.10. The van der Waals surface area contributed by atoms with Gasteiger partial charge in [0.15, 0.2) is 11.5 Å². The molecule has 0 fully saturated rings. The minimum absolute atomic E-state index is 0.216. The molecule has 1 heterocycles. The highest BCUT2D eigenvalue weighted by Gasteiger charge is 2.20. The Morgan fingerprint density at radius 2 is 2.07 bits per heavy atom. The van der Waals surface area contributed by atoms with Crippen molar-refractivity contribution < 1.29 is 14.7 Å². The van der Waals surface area contributed by atoms with E-state index in [-0.39, 0.29) is 11.5 Å². The van der Waals surface area contributed by atoms with Gasteiger partial charge in [-0.2, -0.15) is 0 Å². The Morgan fingerprint density at radius 1 is 1.50 bits per heavy atom. The van der Waals surface area contributed by atoms with E-state index in [0.29, 0.717) is 5.69 Å². The van der Waals surface area contributed by atoms with E-state index < -0.39 is 12.0 Å². The van der Waals surface area contributed by atoms with Gasteiger partial charge in [-0.15, -0.1) is 5.10 Å². The van der Waals surface area contributed by atoms with Crippen LogP contribution in [-0.2, 0) is 4.79 Å². The molecule has 1 N–H and O–H groups in total. The van der Waals surface area contributed by atoms with Gasteiger partial charge in [-0.05, 0) is 13.8 Å². The highest BCUT2D eigenvalue weighted by atomic mass is 16.4. The van der Waals surface area contributed by atoms with Crippen LogP contribution >= 0.6 is 0 Å². The second kappa shape index (κ2) is 3.57. The number of carboxylic acids is 1. The third-order valence-electron chi connectivity index (χ3n) is 1.99. The summed E-state index contributed by atoms with van der Waals surface area (Å²) < 4.78 is 1.22. The summed E-state index contributed by atoms with van der Waals surface area (Å²) in [5.74, 6) is -1.22. The molecule has 0 aromatic carbocycles. The van der Waals surface area contributed by atoms with E-state index in [1.54, 1.807) is 6.92 Å². The van der Waals surface area contributed by atoms with Gasteiger partial charge in [0, 0.05) is 6.92 Å². The number of ketones is 1. The zero-order chi connectivity index (χ0) is 10.9. The monoisotopic (exact) mass is 197 g/mol. The standard InChI is InChI=1S/C8H11N3O3/c1-4-7(6(3)12)9-10-11(4)5(2)8(13)14/h5H,1-3H3,(H,13,14). The Balaban J connectivity index is 3.13. The van der Waals surface area contributed by atoms with Gasteiger partial charge in [-0.25, -0.2) is 9.48 Å². The van der Waals surface area contributed by atoms with E-state index >= 15 is 0 Å². The fourth-order valence-corrected chi connectivity index (χ4v) is 1.14. The van der Waals surface area contributed by atoms with Crippen LogP contribution in [0.1, 0.15) is 36.1 Å². The van der Waals surface area contributed by atoms with Crippen molar-refractivity contribution in [1.82, 2.24) is 15.0 Å². The number of carboxylic acid groups (broad SMARTS) is 1. The predicted octanol–water partition coefficient (Wildman–Crippen LogP) is 0.435. The number of aromatic nitrogens is 3. The number of hydrogen-bond acceptors (Lipinski definition) is 4. The molecule has 1 aromatic rings. The zero-order valence-electron chi connectivity index (χ0n) is 8.18. The van der Waals surface area contributed by atoms with Crippen LogP contribution in [-0.4, -0.2) is 31.9 Å². The first-order valence-electron chi connectivity index (χ1n) is 4.10. The van der Waals surface area contributed by atoms with E-state index in [0.717, 1.165) is 0 Å². The lowest BCUT2D eigenvalue weighted by Gasteiger charge is -2.07. The maximum Gasteiger partial charge on any atom is 0.328 e. The quantitative estimate of drug-likeness (QED) is 0.710.